The first-order chi connectivity index (χ1) is 9.71. The minimum absolute atomic E-state index is 0.0234. The molecule has 1 saturated heterocycles. The fourth-order valence-corrected chi connectivity index (χ4v) is 3.37. The summed E-state index contributed by atoms with van der Waals surface area (Å²) in [5.41, 5.74) is 0.541. The molecule has 1 heterocycles. The van der Waals surface area contributed by atoms with Gasteiger partial charge in [0.25, 0.3) is 0 Å². The molecule has 1 saturated carbocycles. The number of benzene rings is 1. The molecule has 0 bridgehead atoms. The molecule has 1 aliphatic heterocycles. The molecular formula is C16H21FO3. The van der Waals surface area contributed by atoms with Crippen molar-refractivity contribution in [3.63, 3.8) is 0 Å². The highest BCUT2D eigenvalue weighted by molar-refractivity contribution is 5.29. The molecule has 0 aromatic heterocycles. The van der Waals surface area contributed by atoms with Gasteiger partial charge in [0.15, 0.2) is 11.6 Å². The molecule has 3 rings (SSSR count). The molecule has 1 aromatic carbocycles. The number of rotatable bonds is 3. The summed E-state index contributed by atoms with van der Waals surface area (Å²) in [4.78, 5) is 0. The van der Waals surface area contributed by atoms with Crippen LogP contribution in [0.15, 0.2) is 18.2 Å². The molecule has 2 fully saturated rings. The third-order valence-corrected chi connectivity index (χ3v) is 4.44. The summed E-state index contributed by atoms with van der Waals surface area (Å²) in [5, 5.41) is 8.99. The molecule has 1 atom stereocenters. The summed E-state index contributed by atoms with van der Waals surface area (Å²) in [6, 6.07) is 4.64. The maximum Gasteiger partial charge on any atom is 0.165 e. The molecule has 0 amide bonds. The first kappa shape index (κ1) is 13.8. The number of hydrogen-bond donors (Lipinski definition) is 1. The first-order valence-electron chi connectivity index (χ1n) is 7.41. The van der Waals surface area contributed by atoms with Crippen LogP contribution in [-0.2, 0) is 11.3 Å². The smallest absolute Gasteiger partial charge is 0.165 e. The van der Waals surface area contributed by atoms with Gasteiger partial charge < -0.3 is 14.6 Å². The van der Waals surface area contributed by atoms with E-state index in [-0.39, 0.29) is 24.1 Å². The zero-order valence-corrected chi connectivity index (χ0v) is 11.6. The van der Waals surface area contributed by atoms with Crippen LogP contribution in [0.4, 0.5) is 4.39 Å². The molecule has 1 aromatic rings. The number of ether oxygens (including phenoxy) is 2. The van der Waals surface area contributed by atoms with Crippen molar-refractivity contribution in [1.82, 2.24) is 0 Å². The van der Waals surface area contributed by atoms with E-state index >= 15 is 0 Å². The van der Waals surface area contributed by atoms with Crippen molar-refractivity contribution in [2.45, 2.75) is 56.8 Å². The minimum atomic E-state index is -0.400. The van der Waals surface area contributed by atoms with Crippen molar-refractivity contribution < 1.29 is 19.0 Å². The van der Waals surface area contributed by atoms with E-state index in [2.05, 4.69) is 0 Å². The Balaban J connectivity index is 1.68. The van der Waals surface area contributed by atoms with Gasteiger partial charge in [-0.25, -0.2) is 4.39 Å². The van der Waals surface area contributed by atoms with Crippen molar-refractivity contribution >= 4 is 0 Å². The molecule has 4 heteroatoms. The standard InChI is InChI=1S/C16H21FO3/c17-14-9-12(11-18)3-4-15(14)20-13-5-8-19-16(10-13)6-1-2-7-16/h3-4,9,13,18H,1-2,5-8,10-11H2. The van der Waals surface area contributed by atoms with Gasteiger partial charge in [-0.05, 0) is 30.5 Å². The van der Waals surface area contributed by atoms with Crippen LogP contribution in [0.2, 0.25) is 0 Å². The third kappa shape index (κ3) is 2.81. The summed E-state index contributed by atoms with van der Waals surface area (Å²) in [6.45, 7) is 0.540. The van der Waals surface area contributed by atoms with Crippen LogP contribution >= 0.6 is 0 Å². The average molecular weight is 280 g/mol. The Hall–Kier alpha value is -1.13. The predicted octanol–water partition coefficient (Wildman–Crippen LogP) is 3.19. The lowest BCUT2D eigenvalue weighted by atomic mass is 9.90. The zero-order valence-electron chi connectivity index (χ0n) is 11.6. The second kappa shape index (κ2) is 5.70. The van der Waals surface area contributed by atoms with Crippen molar-refractivity contribution in [3.05, 3.63) is 29.6 Å². The lowest BCUT2D eigenvalue weighted by Crippen LogP contribution is -2.41. The zero-order chi connectivity index (χ0) is 14.0. The normalized spacial score (nSPS) is 25.0. The molecule has 0 radical (unpaired) electrons. The van der Waals surface area contributed by atoms with E-state index < -0.39 is 5.82 Å². The molecule has 1 N–H and O–H groups in total. The predicted molar refractivity (Wildman–Crippen MR) is 73.1 cm³/mol. The van der Waals surface area contributed by atoms with Crippen LogP contribution in [0.5, 0.6) is 5.75 Å². The number of aliphatic hydroxyl groups excluding tert-OH is 1. The Morgan fingerprint density at radius 3 is 2.85 bits per heavy atom. The Morgan fingerprint density at radius 2 is 2.15 bits per heavy atom. The van der Waals surface area contributed by atoms with Crippen LogP contribution < -0.4 is 4.74 Å². The number of aliphatic hydroxyl groups is 1. The maximum absolute atomic E-state index is 13.9. The number of halogens is 1. The monoisotopic (exact) mass is 280 g/mol. The Bertz CT molecular complexity index is 469. The van der Waals surface area contributed by atoms with Gasteiger partial charge in [0, 0.05) is 12.8 Å². The summed E-state index contributed by atoms with van der Waals surface area (Å²) in [7, 11) is 0. The van der Waals surface area contributed by atoms with Gasteiger partial charge in [-0.3, -0.25) is 0 Å². The highest BCUT2D eigenvalue weighted by Gasteiger charge is 2.40. The second-order valence-electron chi connectivity index (χ2n) is 5.89. The van der Waals surface area contributed by atoms with Crippen molar-refractivity contribution in [2.75, 3.05) is 6.61 Å². The van der Waals surface area contributed by atoms with Gasteiger partial charge in [-0.2, -0.15) is 0 Å². The van der Waals surface area contributed by atoms with E-state index in [1.165, 1.54) is 18.9 Å². The second-order valence-corrected chi connectivity index (χ2v) is 5.89. The van der Waals surface area contributed by atoms with Crippen LogP contribution in [0.3, 0.4) is 0 Å². The van der Waals surface area contributed by atoms with E-state index in [0.29, 0.717) is 12.2 Å². The largest absolute Gasteiger partial charge is 0.487 e. The van der Waals surface area contributed by atoms with E-state index in [4.69, 9.17) is 14.6 Å². The molecule has 1 aliphatic carbocycles. The van der Waals surface area contributed by atoms with Gasteiger partial charge in [0.1, 0.15) is 6.10 Å². The molecule has 20 heavy (non-hydrogen) atoms. The maximum atomic E-state index is 13.9. The fraction of sp³-hybridized carbons (Fsp3) is 0.625. The summed E-state index contributed by atoms with van der Waals surface area (Å²) in [6.07, 6.45) is 6.31. The summed E-state index contributed by atoms with van der Waals surface area (Å²) >= 11 is 0. The lowest BCUT2D eigenvalue weighted by Gasteiger charge is -2.38. The van der Waals surface area contributed by atoms with Gasteiger partial charge >= 0.3 is 0 Å². The molecule has 1 spiro atoms. The topological polar surface area (TPSA) is 38.7 Å². The molecule has 2 aliphatic rings. The van der Waals surface area contributed by atoms with Crippen LogP contribution in [0.25, 0.3) is 0 Å². The van der Waals surface area contributed by atoms with E-state index in [9.17, 15) is 4.39 Å². The third-order valence-electron chi connectivity index (χ3n) is 4.44. The molecule has 110 valence electrons. The highest BCUT2D eigenvalue weighted by atomic mass is 19.1. The van der Waals surface area contributed by atoms with Crippen LogP contribution in [-0.4, -0.2) is 23.4 Å². The quantitative estimate of drug-likeness (QED) is 0.924. The van der Waals surface area contributed by atoms with Gasteiger partial charge in [-0.15, -0.1) is 0 Å². The molecule has 1 unspecified atom stereocenters. The Morgan fingerprint density at radius 1 is 1.35 bits per heavy atom. The lowest BCUT2D eigenvalue weighted by molar-refractivity contribution is -0.108. The summed E-state index contributed by atoms with van der Waals surface area (Å²) in [5.74, 6) is -0.120. The van der Waals surface area contributed by atoms with Gasteiger partial charge in [0.2, 0.25) is 0 Å². The van der Waals surface area contributed by atoms with E-state index in [1.54, 1.807) is 12.1 Å². The van der Waals surface area contributed by atoms with E-state index in [0.717, 1.165) is 25.7 Å². The fourth-order valence-electron chi connectivity index (χ4n) is 3.37. The van der Waals surface area contributed by atoms with Crippen LogP contribution in [0.1, 0.15) is 44.1 Å². The van der Waals surface area contributed by atoms with Crippen molar-refractivity contribution in [3.8, 4) is 5.75 Å². The Labute approximate surface area is 118 Å². The average Bonchev–Trinajstić information content (AvgIpc) is 2.89. The number of hydrogen-bond acceptors (Lipinski definition) is 3. The van der Waals surface area contributed by atoms with Crippen molar-refractivity contribution in [2.24, 2.45) is 0 Å². The van der Waals surface area contributed by atoms with E-state index in [1.807, 2.05) is 0 Å². The molecule has 3 nitrogen and oxygen atoms in total. The highest BCUT2D eigenvalue weighted by Crippen LogP contribution is 2.41. The summed E-state index contributed by atoms with van der Waals surface area (Å²) < 4.78 is 25.7. The Kier molecular flexibility index (Phi) is 3.94. The van der Waals surface area contributed by atoms with Crippen LogP contribution in [0, 0.1) is 5.82 Å². The van der Waals surface area contributed by atoms with Gasteiger partial charge in [0.05, 0.1) is 18.8 Å². The molecular weight excluding hydrogens is 259 g/mol. The minimum Gasteiger partial charge on any atom is -0.487 e. The van der Waals surface area contributed by atoms with Crippen molar-refractivity contribution in [1.29, 1.82) is 0 Å². The first-order valence-corrected chi connectivity index (χ1v) is 7.41. The van der Waals surface area contributed by atoms with Gasteiger partial charge in [-0.1, -0.05) is 18.9 Å². The SMILES string of the molecule is OCc1ccc(OC2CCOC3(CCCC3)C2)c(F)c1.